The second-order valence-corrected chi connectivity index (χ2v) is 8.16. The van der Waals surface area contributed by atoms with E-state index >= 15 is 0 Å². The summed E-state index contributed by atoms with van der Waals surface area (Å²) in [6.07, 6.45) is 11.9. The zero-order chi connectivity index (χ0) is 10.8. The Kier molecular flexibility index (Phi) is 9.48. The monoisotopic (exact) mass is 212 g/mol. The molecule has 0 aromatic rings. The Morgan fingerprint density at radius 1 is 1.14 bits per heavy atom. The van der Waals surface area contributed by atoms with Crippen molar-refractivity contribution in [3.63, 3.8) is 0 Å². The topological polar surface area (TPSA) is 0 Å². The van der Waals surface area contributed by atoms with E-state index in [1.807, 2.05) is 0 Å². The maximum absolute atomic E-state index is 3.86. The van der Waals surface area contributed by atoms with Crippen LogP contribution in [0.1, 0.15) is 51.9 Å². The summed E-state index contributed by atoms with van der Waals surface area (Å²) in [5, 5.41) is 0. The molecule has 0 aromatic carbocycles. The van der Waals surface area contributed by atoms with E-state index in [9.17, 15) is 0 Å². The van der Waals surface area contributed by atoms with Gasteiger partial charge in [-0.25, -0.2) is 0 Å². The van der Waals surface area contributed by atoms with E-state index in [2.05, 4.69) is 32.7 Å². The molecule has 0 fully saturated rings. The van der Waals surface area contributed by atoms with Crippen LogP contribution < -0.4 is 0 Å². The normalized spacial score (nSPS) is 13.1. The summed E-state index contributed by atoms with van der Waals surface area (Å²) in [7, 11) is -0.433. The van der Waals surface area contributed by atoms with E-state index in [1.54, 1.807) is 0 Å². The highest BCUT2D eigenvalue weighted by molar-refractivity contribution is 6.57. The molecule has 0 bridgehead atoms. The second kappa shape index (κ2) is 9.51. The van der Waals surface area contributed by atoms with Crippen molar-refractivity contribution in [1.29, 1.82) is 0 Å². The average Bonchev–Trinajstić information content (AvgIpc) is 2.15. The quantitative estimate of drug-likeness (QED) is 0.293. The van der Waals surface area contributed by atoms with E-state index in [4.69, 9.17) is 0 Å². The smallest absolute Gasteiger partial charge is 0.0340 e. The van der Waals surface area contributed by atoms with Gasteiger partial charge in [-0.2, -0.15) is 0 Å². The molecule has 0 saturated heterocycles. The lowest BCUT2D eigenvalue weighted by Crippen LogP contribution is -2.11. The van der Waals surface area contributed by atoms with Gasteiger partial charge in [0.15, 0.2) is 0 Å². The van der Waals surface area contributed by atoms with Crippen molar-refractivity contribution in [2.24, 2.45) is 0 Å². The minimum absolute atomic E-state index is 0.433. The third-order valence-corrected chi connectivity index (χ3v) is 5.58. The first kappa shape index (κ1) is 14.0. The molecular weight excluding hydrogens is 184 g/mol. The average molecular weight is 212 g/mol. The van der Waals surface area contributed by atoms with Crippen molar-refractivity contribution in [1.82, 2.24) is 0 Å². The summed E-state index contributed by atoms with van der Waals surface area (Å²) in [5.74, 6) is 0. The lowest BCUT2D eigenvalue weighted by atomic mass is 10.1. The van der Waals surface area contributed by atoms with Gasteiger partial charge in [-0.3, -0.25) is 0 Å². The molecule has 0 heterocycles. The Morgan fingerprint density at radius 3 is 2.29 bits per heavy atom. The molecule has 0 N–H and O–H groups in total. The third-order valence-electron chi connectivity index (χ3n) is 3.09. The fraction of sp³-hybridized carbons (Fsp3) is 0.846. The minimum atomic E-state index is -0.433. The molecule has 84 valence electrons. The summed E-state index contributed by atoms with van der Waals surface area (Å²) >= 11 is 0. The number of allylic oxidation sites excluding steroid dienone is 1. The van der Waals surface area contributed by atoms with Crippen LogP contribution in [-0.4, -0.2) is 8.80 Å². The molecule has 0 aliphatic heterocycles. The predicted octanol–water partition coefficient (Wildman–Crippen LogP) is 4.78. The standard InChI is InChI=1S/C13H28Si/c1-5-7-8-9-10-12-13(11-6-2)14(3)4/h6,13-14H,2,5,7-12H2,1,3-4H3. The number of hydrogen-bond acceptors (Lipinski definition) is 0. The van der Waals surface area contributed by atoms with Gasteiger partial charge in [-0.05, 0) is 12.0 Å². The van der Waals surface area contributed by atoms with Crippen molar-refractivity contribution >= 4 is 8.80 Å². The van der Waals surface area contributed by atoms with Gasteiger partial charge in [0.25, 0.3) is 0 Å². The molecule has 1 unspecified atom stereocenters. The lowest BCUT2D eigenvalue weighted by Gasteiger charge is -2.17. The van der Waals surface area contributed by atoms with Crippen molar-refractivity contribution < 1.29 is 0 Å². The molecule has 0 radical (unpaired) electrons. The number of unbranched alkanes of at least 4 members (excludes halogenated alkanes) is 4. The summed E-state index contributed by atoms with van der Waals surface area (Å²) in [5.41, 5.74) is 1.01. The molecule has 0 amide bonds. The van der Waals surface area contributed by atoms with Crippen LogP contribution in [0.25, 0.3) is 0 Å². The first-order valence-electron chi connectivity index (χ1n) is 6.33. The van der Waals surface area contributed by atoms with E-state index in [1.165, 1.54) is 44.9 Å². The van der Waals surface area contributed by atoms with Crippen LogP contribution in [0.3, 0.4) is 0 Å². The highest BCUT2D eigenvalue weighted by atomic mass is 28.3. The molecule has 0 aliphatic carbocycles. The summed E-state index contributed by atoms with van der Waals surface area (Å²) < 4.78 is 0. The van der Waals surface area contributed by atoms with Gasteiger partial charge < -0.3 is 0 Å². The maximum Gasteiger partial charge on any atom is 0.0340 e. The molecule has 0 aliphatic rings. The summed E-state index contributed by atoms with van der Waals surface area (Å²) in [4.78, 5) is 0. The van der Waals surface area contributed by atoms with Gasteiger partial charge in [0.05, 0.1) is 0 Å². The van der Waals surface area contributed by atoms with E-state index in [0.717, 1.165) is 5.54 Å². The van der Waals surface area contributed by atoms with Gasteiger partial charge in [-0.15, -0.1) is 6.58 Å². The van der Waals surface area contributed by atoms with Crippen LogP contribution >= 0.6 is 0 Å². The molecule has 0 saturated carbocycles. The number of rotatable bonds is 9. The zero-order valence-corrected chi connectivity index (χ0v) is 11.5. The summed E-state index contributed by atoms with van der Waals surface area (Å²) in [6, 6.07) is 0. The molecule has 0 nitrogen and oxygen atoms in total. The first-order valence-corrected chi connectivity index (χ1v) is 9.30. The van der Waals surface area contributed by atoms with Gasteiger partial charge in [0, 0.05) is 8.80 Å². The van der Waals surface area contributed by atoms with Crippen molar-refractivity contribution in [2.45, 2.75) is 70.5 Å². The molecular formula is C13H28Si. The van der Waals surface area contributed by atoms with Crippen molar-refractivity contribution in [3.8, 4) is 0 Å². The van der Waals surface area contributed by atoms with E-state index in [0.29, 0.717) is 0 Å². The minimum Gasteiger partial charge on any atom is -0.103 e. The van der Waals surface area contributed by atoms with Gasteiger partial charge in [0.2, 0.25) is 0 Å². The Hall–Kier alpha value is -0.0431. The van der Waals surface area contributed by atoms with Crippen molar-refractivity contribution in [2.75, 3.05) is 0 Å². The van der Waals surface area contributed by atoms with Crippen LogP contribution in [0.4, 0.5) is 0 Å². The number of hydrogen-bond donors (Lipinski definition) is 0. The SMILES string of the molecule is C=CCC(CCCCCCC)[SiH](C)C. The maximum atomic E-state index is 3.86. The third kappa shape index (κ3) is 7.37. The van der Waals surface area contributed by atoms with Crippen LogP contribution in [0, 0.1) is 0 Å². The highest BCUT2D eigenvalue weighted by Crippen LogP contribution is 2.23. The van der Waals surface area contributed by atoms with Gasteiger partial charge >= 0.3 is 0 Å². The zero-order valence-electron chi connectivity index (χ0n) is 10.4. The predicted molar refractivity (Wildman–Crippen MR) is 70.8 cm³/mol. The first-order chi connectivity index (χ1) is 6.72. The van der Waals surface area contributed by atoms with E-state index in [-0.39, 0.29) is 0 Å². The molecule has 0 spiro atoms. The largest absolute Gasteiger partial charge is 0.103 e. The fourth-order valence-electron chi connectivity index (χ4n) is 1.95. The van der Waals surface area contributed by atoms with Gasteiger partial charge in [-0.1, -0.05) is 64.6 Å². The second-order valence-electron chi connectivity index (χ2n) is 4.73. The molecule has 1 atom stereocenters. The Bertz CT molecular complexity index is 129. The highest BCUT2D eigenvalue weighted by Gasteiger charge is 2.11. The van der Waals surface area contributed by atoms with Crippen molar-refractivity contribution in [3.05, 3.63) is 12.7 Å². The van der Waals surface area contributed by atoms with Crippen LogP contribution in [0.2, 0.25) is 18.6 Å². The van der Waals surface area contributed by atoms with Crippen LogP contribution in [-0.2, 0) is 0 Å². The summed E-state index contributed by atoms with van der Waals surface area (Å²) in [6.45, 7) is 11.1. The molecule has 0 rings (SSSR count). The Balaban J connectivity index is 3.45. The molecule has 1 heteroatoms. The Labute approximate surface area is 92.4 Å². The van der Waals surface area contributed by atoms with Gasteiger partial charge in [0.1, 0.15) is 0 Å². The van der Waals surface area contributed by atoms with E-state index < -0.39 is 8.80 Å². The lowest BCUT2D eigenvalue weighted by molar-refractivity contribution is 0.588. The van der Waals surface area contributed by atoms with Crippen LogP contribution in [0.5, 0.6) is 0 Å². The fourth-order valence-corrected chi connectivity index (χ4v) is 3.59. The molecule has 0 aromatic heterocycles. The van der Waals surface area contributed by atoms with Crippen LogP contribution in [0.15, 0.2) is 12.7 Å². The Morgan fingerprint density at radius 2 is 1.79 bits per heavy atom. The molecule has 14 heavy (non-hydrogen) atoms.